The van der Waals surface area contributed by atoms with Gasteiger partial charge in [-0.25, -0.2) is 5.43 Å². The van der Waals surface area contributed by atoms with Crippen molar-refractivity contribution in [2.45, 2.75) is 6.04 Å². The average molecular weight is 430 g/mol. The predicted molar refractivity (Wildman–Crippen MR) is 107 cm³/mol. The van der Waals surface area contributed by atoms with Gasteiger partial charge in [-0.1, -0.05) is 0 Å². The van der Waals surface area contributed by atoms with E-state index in [9.17, 15) is 30.1 Å². The van der Waals surface area contributed by atoms with Gasteiger partial charge in [-0.05, 0) is 17.7 Å². The summed E-state index contributed by atoms with van der Waals surface area (Å²) in [6.07, 6.45) is 4.02. The van der Waals surface area contributed by atoms with Gasteiger partial charge in [0.1, 0.15) is 6.04 Å². The molecule has 0 radical (unpaired) electrons. The summed E-state index contributed by atoms with van der Waals surface area (Å²) in [6, 6.07) is 4.25. The molecule has 3 rings (SSSR count). The lowest BCUT2D eigenvalue weighted by molar-refractivity contribution is -0.394. The largest absolute Gasteiger partial charge is 0.502 e. The number of nitro benzene ring substituents is 2. The molecule has 0 saturated carbocycles. The molecule has 1 unspecified atom stereocenters. The van der Waals surface area contributed by atoms with Gasteiger partial charge in [0.05, 0.1) is 40.9 Å². The molecule has 1 fully saturated rings. The second-order valence-electron chi connectivity index (χ2n) is 6.48. The molecule has 0 bridgehead atoms. The molecule has 13 heteroatoms. The standard InChI is InChI=1S/C18H18N6O7/c25-17-13(9-14(23(27)28)10-15(17)24(29)30)11-20-21-18(26)16(12-1-3-19-4-2-12)22-5-7-31-8-6-22/h1-4,9-11,16,25H,5-8H2,(H,21,26). The number of rotatable bonds is 7. The van der Waals surface area contributed by atoms with E-state index < -0.39 is 38.9 Å². The average Bonchev–Trinajstić information content (AvgIpc) is 2.76. The zero-order chi connectivity index (χ0) is 22.4. The minimum Gasteiger partial charge on any atom is -0.502 e. The van der Waals surface area contributed by atoms with E-state index in [1.807, 2.05) is 4.90 Å². The number of aromatic nitrogens is 1. The molecule has 31 heavy (non-hydrogen) atoms. The third kappa shape index (κ3) is 5.15. The molecule has 1 amide bonds. The van der Waals surface area contributed by atoms with Crippen molar-refractivity contribution in [2.24, 2.45) is 5.10 Å². The Hall–Kier alpha value is -3.97. The second kappa shape index (κ2) is 9.69. The van der Waals surface area contributed by atoms with Crippen LogP contribution in [0.2, 0.25) is 0 Å². The normalized spacial score (nSPS) is 15.5. The Morgan fingerprint density at radius 3 is 2.52 bits per heavy atom. The van der Waals surface area contributed by atoms with Crippen LogP contribution < -0.4 is 5.43 Å². The zero-order valence-electron chi connectivity index (χ0n) is 16.1. The van der Waals surface area contributed by atoms with Gasteiger partial charge in [0.25, 0.3) is 11.6 Å². The van der Waals surface area contributed by atoms with Crippen LogP contribution in [0.25, 0.3) is 0 Å². The number of nitro groups is 2. The molecule has 1 atom stereocenters. The molecule has 1 aromatic heterocycles. The summed E-state index contributed by atoms with van der Waals surface area (Å²) < 4.78 is 5.33. The summed E-state index contributed by atoms with van der Waals surface area (Å²) in [5.74, 6) is -1.30. The number of benzene rings is 1. The fourth-order valence-electron chi connectivity index (χ4n) is 3.10. The highest BCUT2D eigenvalue weighted by atomic mass is 16.6. The van der Waals surface area contributed by atoms with Crippen molar-refractivity contribution in [2.75, 3.05) is 26.3 Å². The Morgan fingerprint density at radius 2 is 1.90 bits per heavy atom. The van der Waals surface area contributed by atoms with Crippen molar-refractivity contribution < 1.29 is 24.5 Å². The lowest BCUT2D eigenvalue weighted by Gasteiger charge is -2.33. The molecule has 2 aromatic rings. The Balaban J connectivity index is 1.83. The van der Waals surface area contributed by atoms with Gasteiger partial charge in [-0.15, -0.1) is 0 Å². The maximum Gasteiger partial charge on any atom is 0.318 e. The van der Waals surface area contributed by atoms with E-state index in [1.165, 1.54) is 0 Å². The van der Waals surface area contributed by atoms with E-state index in [2.05, 4.69) is 15.5 Å². The minimum absolute atomic E-state index is 0.284. The van der Waals surface area contributed by atoms with Gasteiger partial charge < -0.3 is 9.84 Å². The van der Waals surface area contributed by atoms with E-state index in [0.717, 1.165) is 12.3 Å². The molecule has 1 aliphatic heterocycles. The topological polar surface area (TPSA) is 173 Å². The SMILES string of the molecule is O=C(NN=Cc1cc([N+](=O)[O-])cc([N+](=O)[O-])c1O)C(c1ccncc1)N1CCOCC1. The number of hydrogen-bond acceptors (Lipinski definition) is 10. The third-order valence-electron chi connectivity index (χ3n) is 4.57. The summed E-state index contributed by atoms with van der Waals surface area (Å²) in [5.41, 5.74) is 1.28. The Kier molecular flexibility index (Phi) is 6.79. The number of nitrogens with zero attached hydrogens (tertiary/aromatic N) is 5. The molecule has 1 aromatic carbocycles. The molecule has 0 aliphatic carbocycles. The summed E-state index contributed by atoms with van der Waals surface area (Å²) in [7, 11) is 0. The molecular weight excluding hydrogens is 412 g/mol. The number of aromatic hydroxyl groups is 1. The van der Waals surface area contributed by atoms with Crippen LogP contribution in [-0.2, 0) is 9.53 Å². The first-order valence-electron chi connectivity index (χ1n) is 9.09. The molecule has 1 aliphatic rings. The summed E-state index contributed by atoms with van der Waals surface area (Å²) in [6.45, 7) is 1.96. The zero-order valence-corrected chi connectivity index (χ0v) is 16.1. The third-order valence-corrected chi connectivity index (χ3v) is 4.57. The van der Waals surface area contributed by atoms with Crippen molar-refractivity contribution in [1.29, 1.82) is 0 Å². The lowest BCUT2D eigenvalue weighted by atomic mass is 10.1. The van der Waals surface area contributed by atoms with E-state index in [-0.39, 0.29) is 5.56 Å². The number of phenols is 1. The molecule has 162 valence electrons. The van der Waals surface area contributed by atoms with Crippen LogP contribution in [0.15, 0.2) is 41.8 Å². The van der Waals surface area contributed by atoms with Crippen LogP contribution in [0.5, 0.6) is 5.75 Å². The number of amides is 1. The van der Waals surface area contributed by atoms with E-state index in [0.29, 0.717) is 37.9 Å². The first-order chi connectivity index (χ1) is 14.9. The number of hydrogen-bond donors (Lipinski definition) is 2. The van der Waals surface area contributed by atoms with Crippen LogP contribution >= 0.6 is 0 Å². The molecular formula is C18H18N6O7. The summed E-state index contributed by atoms with van der Waals surface area (Å²) in [5, 5.41) is 35.8. The van der Waals surface area contributed by atoms with Gasteiger partial charge in [0, 0.05) is 31.5 Å². The second-order valence-corrected chi connectivity index (χ2v) is 6.48. The quantitative estimate of drug-likeness (QED) is 0.371. The van der Waals surface area contributed by atoms with Crippen molar-refractivity contribution in [1.82, 2.24) is 15.3 Å². The van der Waals surface area contributed by atoms with Crippen molar-refractivity contribution in [3.63, 3.8) is 0 Å². The van der Waals surface area contributed by atoms with Crippen LogP contribution in [0.3, 0.4) is 0 Å². The maximum atomic E-state index is 12.9. The monoisotopic (exact) mass is 430 g/mol. The van der Waals surface area contributed by atoms with Crippen LogP contribution in [0.1, 0.15) is 17.2 Å². The highest BCUT2D eigenvalue weighted by Crippen LogP contribution is 2.33. The van der Waals surface area contributed by atoms with Crippen LogP contribution in [0, 0.1) is 20.2 Å². The molecule has 2 heterocycles. The fraction of sp³-hybridized carbons (Fsp3) is 0.278. The smallest absolute Gasteiger partial charge is 0.318 e. The lowest BCUT2D eigenvalue weighted by Crippen LogP contribution is -2.44. The number of ether oxygens (including phenoxy) is 1. The Bertz CT molecular complexity index is 1010. The van der Waals surface area contributed by atoms with Crippen LogP contribution in [-0.4, -0.2) is 63.3 Å². The highest BCUT2D eigenvalue weighted by Gasteiger charge is 2.29. The highest BCUT2D eigenvalue weighted by molar-refractivity contribution is 5.89. The number of morpholine rings is 1. The molecule has 1 saturated heterocycles. The van der Waals surface area contributed by atoms with E-state index >= 15 is 0 Å². The van der Waals surface area contributed by atoms with Gasteiger partial charge in [0.15, 0.2) is 0 Å². The summed E-state index contributed by atoms with van der Waals surface area (Å²) >= 11 is 0. The van der Waals surface area contributed by atoms with E-state index in [1.54, 1.807) is 24.5 Å². The Morgan fingerprint density at radius 1 is 1.23 bits per heavy atom. The first kappa shape index (κ1) is 21.7. The van der Waals surface area contributed by atoms with Gasteiger partial charge in [-0.3, -0.25) is 34.9 Å². The van der Waals surface area contributed by atoms with E-state index in [4.69, 9.17) is 4.74 Å². The molecule has 0 spiro atoms. The van der Waals surface area contributed by atoms with Gasteiger partial charge in [0.2, 0.25) is 5.75 Å². The van der Waals surface area contributed by atoms with Gasteiger partial charge in [-0.2, -0.15) is 5.10 Å². The predicted octanol–water partition coefficient (Wildman–Crippen LogP) is 1.13. The fourth-order valence-corrected chi connectivity index (χ4v) is 3.10. The van der Waals surface area contributed by atoms with Gasteiger partial charge >= 0.3 is 5.69 Å². The number of phenolic OH excluding ortho intramolecular Hbond substituents is 1. The number of hydrazone groups is 1. The Labute approximate surface area is 175 Å². The number of carbonyl (C=O) groups excluding carboxylic acids is 1. The number of carbonyl (C=O) groups is 1. The summed E-state index contributed by atoms with van der Waals surface area (Å²) in [4.78, 5) is 39.0. The van der Waals surface area contributed by atoms with Crippen molar-refractivity contribution in [3.8, 4) is 5.75 Å². The molecule has 13 nitrogen and oxygen atoms in total. The van der Waals surface area contributed by atoms with Crippen LogP contribution in [0.4, 0.5) is 11.4 Å². The number of non-ortho nitro benzene ring substituents is 1. The van der Waals surface area contributed by atoms with Crippen molar-refractivity contribution in [3.05, 3.63) is 68.0 Å². The first-order valence-corrected chi connectivity index (χ1v) is 9.09. The maximum absolute atomic E-state index is 12.9. The molecule has 2 N–H and O–H groups in total. The number of nitrogens with one attached hydrogen (secondary N) is 1. The minimum atomic E-state index is -0.948. The number of pyridine rings is 1. The van der Waals surface area contributed by atoms with Crippen molar-refractivity contribution >= 4 is 23.5 Å².